The van der Waals surface area contributed by atoms with Crippen molar-refractivity contribution in [3.8, 4) is 11.1 Å². The van der Waals surface area contributed by atoms with E-state index in [1.807, 2.05) is 43.5 Å². The van der Waals surface area contributed by atoms with Crippen molar-refractivity contribution >= 4 is 28.3 Å². The van der Waals surface area contributed by atoms with Crippen LogP contribution in [0.25, 0.3) is 22.2 Å². The number of amides is 1. The Morgan fingerprint density at radius 3 is 2.38 bits per heavy atom. The highest BCUT2D eigenvalue weighted by atomic mass is 16.1. The average molecular weight is 497 g/mol. The molecule has 7 nitrogen and oxygen atoms in total. The van der Waals surface area contributed by atoms with Crippen molar-refractivity contribution in [2.45, 2.75) is 27.3 Å². The van der Waals surface area contributed by atoms with E-state index >= 15 is 0 Å². The van der Waals surface area contributed by atoms with Crippen LogP contribution in [0, 0.1) is 13.8 Å². The molecule has 2 aromatic heterocycles. The van der Waals surface area contributed by atoms with Crippen molar-refractivity contribution in [3.05, 3.63) is 77.6 Å². The summed E-state index contributed by atoms with van der Waals surface area (Å²) in [7, 11) is 0. The van der Waals surface area contributed by atoms with Crippen LogP contribution < -0.4 is 10.6 Å². The molecule has 3 N–H and O–H groups in total. The molecule has 192 valence electrons. The number of fused-ring (bicyclic) bond motifs is 1. The monoisotopic (exact) mass is 496 g/mol. The Morgan fingerprint density at radius 1 is 0.919 bits per heavy atom. The predicted octanol–water partition coefficient (Wildman–Crippen LogP) is 5.03. The molecule has 5 rings (SSSR count). The lowest BCUT2D eigenvalue weighted by Gasteiger charge is -2.34. The number of aromatic amines is 1. The normalized spacial score (nSPS) is 14.7. The highest BCUT2D eigenvalue weighted by Crippen LogP contribution is 2.24. The lowest BCUT2D eigenvalue weighted by Crippen LogP contribution is -2.45. The number of likely N-dealkylation sites (N-methyl/N-ethyl adjacent to an activating group) is 1. The first kappa shape index (κ1) is 25.0. The van der Waals surface area contributed by atoms with Gasteiger partial charge in [0.15, 0.2) is 0 Å². The Kier molecular flexibility index (Phi) is 7.53. The quantitative estimate of drug-likeness (QED) is 0.319. The number of hydrogen-bond donors (Lipinski definition) is 3. The summed E-state index contributed by atoms with van der Waals surface area (Å²) in [5, 5.41) is 7.35. The number of aromatic nitrogens is 2. The fourth-order valence-electron chi connectivity index (χ4n) is 4.93. The molecule has 1 aliphatic heterocycles. The van der Waals surface area contributed by atoms with Crippen molar-refractivity contribution in [2.24, 2.45) is 0 Å². The van der Waals surface area contributed by atoms with E-state index in [0.29, 0.717) is 0 Å². The molecule has 7 heteroatoms. The molecule has 0 unspecified atom stereocenters. The molecule has 0 bridgehead atoms. The summed E-state index contributed by atoms with van der Waals surface area (Å²) in [6.07, 6.45) is 1.88. The van der Waals surface area contributed by atoms with Gasteiger partial charge in [0, 0.05) is 66.9 Å². The van der Waals surface area contributed by atoms with Gasteiger partial charge in [0.2, 0.25) is 5.91 Å². The number of benzene rings is 2. The SMILES string of the molecule is CCN1CCN(Cc2ccc(NC(=O)CNc3ccc(-c4cnc5[nH]c(C)cc5c4)cc3)cc2C)CC1. The molecule has 0 saturated carbocycles. The lowest BCUT2D eigenvalue weighted by molar-refractivity contribution is -0.114. The fourth-order valence-corrected chi connectivity index (χ4v) is 4.93. The summed E-state index contributed by atoms with van der Waals surface area (Å²) in [4.78, 5) is 25.4. The maximum Gasteiger partial charge on any atom is 0.243 e. The van der Waals surface area contributed by atoms with Crippen LogP contribution in [0.15, 0.2) is 60.8 Å². The van der Waals surface area contributed by atoms with Gasteiger partial charge in [0.05, 0.1) is 6.54 Å². The van der Waals surface area contributed by atoms with Crippen molar-refractivity contribution in [3.63, 3.8) is 0 Å². The topological polar surface area (TPSA) is 76.3 Å². The molecule has 0 atom stereocenters. The number of piperazine rings is 1. The van der Waals surface area contributed by atoms with Crippen LogP contribution in [-0.4, -0.2) is 64.9 Å². The lowest BCUT2D eigenvalue weighted by atomic mass is 10.1. The van der Waals surface area contributed by atoms with Gasteiger partial charge in [-0.2, -0.15) is 0 Å². The summed E-state index contributed by atoms with van der Waals surface area (Å²) < 4.78 is 0. The van der Waals surface area contributed by atoms with Crippen molar-refractivity contribution in [1.82, 2.24) is 19.8 Å². The minimum Gasteiger partial charge on any atom is -0.376 e. The Hall–Kier alpha value is -3.68. The summed E-state index contributed by atoms with van der Waals surface area (Å²) in [5.74, 6) is -0.0654. The van der Waals surface area contributed by atoms with E-state index in [2.05, 4.69) is 68.5 Å². The van der Waals surface area contributed by atoms with Gasteiger partial charge in [-0.25, -0.2) is 4.98 Å². The second-order valence-electron chi connectivity index (χ2n) is 9.94. The minimum absolute atomic E-state index is 0.0654. The van der Waals surface area contributed by atoms with Gasteiger partial charge in [-0.05, 0) is 73.5 Å². The van der Waals surface area contributed by atoms with Crippen LogP contribution in [0.1, 0.15) is 23.7 Å². The predicted molar refractivity (Wildman–Crippen MR) is 152 cm³/mol. The molecule has 1 saturated heterocycles. The molecule has 4 aromatic rings. The van der Waals surface area contributed by atoms with Crippen molar-refractivity contribution in [2.75, 3.05) is 49.9 Å². The first-order valence-corrected chi connectivity index (χ1v) is 13.1. The van der Waals surface area contributed by atoms with E-state index in [-0.39, 0.29) is 12.5 Å². The van der Waals surface area contributed by atoms with Crippen molar-refractivity contribution in [1.29, 1.82) is 0 Å². The number of hydrogen-bond acceptors (Lipinski definition) is 5. The Labute approximate surface area is 218 Å². The summed E-state index contributed by atoms with van der Waals surface area (Å²) in [5.41, 5.74) is 8.43. The zero-order chi connectivity index (χ0) is 25.8. The number of rotatable bonds is 8. The molecule has 1 amide bonds. The zero-order valence-electron chi connectivity index (χ0n) is 22.0. The standard InChI is InChI=1S/C30H36N6O/c1-4-35-11-13-36(14-12-35)20-24-7-10-28(15-21(24)2)34-29(37)19-31-27-8-5-23(6-9-27)26-17-25-16-22(3)33-30(25)32-18-26/h5-10,15-18,31H,4,11-14,19-20H2,1-3H3,(H,32,33)(H,34,37). The van der Waals surface area contributed by atoms with E-state index in [1.165, 1.54) is 11.1 Å². The number of nitrogens with one attached hydrogen (secondary N) is 3. The maximum absolute atomic E-state index is 12.6. The number of carbonyl (C=O) groups excluding carboxylic acids is 1. The van der Waals surface area contributed by atoms with Gasteiger partial charge in [-0.3, -0.25) is 9.69 Å². The molecule has 0 radical (unpaired) electrons. The van der Waals surface area contributed by atoms with Gasteiger partial charge < -0.3 is 20.5 Å². The van der Waals surface area contributed by atoms with Crippen LogP contribution in [0.4, 0.5) is 11.4 Å². The summed E-state index contributed by atoms with van der Waals surface area (Å²) in [6, 6.07) is 18.5. The number of pyridine rings is 1. The molecule has 2 aromatic carbocycles. The Bertz CT molecular complexity index is 1370. The van der Waals surface area contributed by atoms with E-state index in [0.717, 1.165) is 78.5 Å². The third kappa shape index (κ3) is 6.18. The van der Waals surface area contributed by atoms with E-state index in [4.69, 9.17) is 0 Å². The van der Waals surface area contributed by atoms with E-state index < -0.39 is 0 Å². The second-order valence-corrected chi connectivity index (χ2v) is 9.94. The van der Waals surface area contributed by atoms with Gasteiger partial charge in [0.25, 0.3) is 0 Å². The van der Waals surface area contributed by atoms with Crippen LogP contribution >= 0.6 is 0 Å². The number of carbonyl (C=O) groups is 1. The third-order valence-corrected chi connectivity index (χ3v) is 7.21. The zero-order valence-corrected chi connectivity index (χ0v) is 22.0. The molecular weight excluding hydrogens is 460 g/mol. The average Bonchev–Trinajstić information content (AvgIpc) is 3.29. The number of aryl methyl sites for hydroxylation is 2. The number of nitrogens with zero attached hydrogens (tertiary/aromatic N) is 3. The largest absolute Gasteiger partial charge is 0.376 e. The maximum atomic E-state index is 12.6. The molecular formula is C30H36N6O. The first-order chi connectivity index (χ1) is 18.0. The number of H-pyrrole nitrogens is 1. The summed E-state index contributed by atoms with van der Waals surface area (Å²) >= 11 is 0. The summed E-state index contributed by atoms with van der Waals surface area (Å²) in [6.45, 7) is 13.2. The van der Waals surface area contributed by atoms with Gasteiger partial charge in [-0.1, -0.05) is 25.1 Å². The minimum atomic E-state index is -0.0654. The van der Waals surface area contributed by atoms with Crippen LogP contribution in [0.5, 0.6) is 0 Å². The van der Waals surface area contributed by atoms with Gasteiger partial charge in [-0.15, -0.1) is 0 Å². The van der Waals surface area contributed by atoms with Crippen LogP contribution in [0.2, 0.25) is 0 Å². The molecule has 37 heavy (non-hydrogen) atoms. The van der Waals surface area contributed by atoms with Crippen molar-refractivity contribution < 1.29 is 4.79 Å². The highest BCUT2D eigenvalue weighted by molar-refractivity contribution is 5.94. The first-order valence-electron chi connectivity index (χ1n) is 13.1. The Balaban J connectivity index is 1.12. The molecule has 0 aliphatic carbocycles. The number of anilines is 2. The molecule has 0 spiro atoms. The van der Waals surface area contributed by atoms with Crippen LogP contribution in [0.3, 0.4) is 0 Å². The van der Waals surface area contributed by atoms with E-state index in [1.54, 1.807) is 0 Å². The second kappa shape index (κ2) is 11.2. The fraction of sp³-hybridized carbons (Fsp3) is 0.333. The van der Waals surface area contributed by atoms with Crippen LogP contribution in [-0.2, 0) is 11.3 Å². The van der Waals surface area contributed by atoms with Gasteiger partial charge >= 0.3 is 0 Å². The third-order valence-electron chi connectivity index (χ3n) is 7.21. The smallest absolute Gasteiger partial charge is 0.243 e. The Morgan fingerprint density at radius 2 is 1.65 bits per heavy atom. The highest BCUT2D eigenvalue weighted by Gasteiger charge is 2.16. The molecule has 1 fully saturated rings. The molecule has 3 heterocycles. The van der Waals surface area contributed by atoms with E-state index in [9.17, 15) is 4.79 Å². The van der Waals surface area contributed by atoms with Gasteiger partial charge in [0.1, 0.15) is 5.65 Å². The molecule has 1 aliphatic rings.